The minimum absolute atomic E-state index is 0.0191. The summed E-state index contributed by atoms with van der Waals surface area (Å²) in [4.78, 5) is 14.4. The smallest absolute Gasteiger partial charge is 0.195 e. The Morgan fingerprint density at radius 1 is 0.368 bits per heavy atom. The molecule has 5 aromatic rings. The average molecular weight is 485 g/mol. The van der Waals surface area contributed by atoms with Gasteiger partial charge in [0.15, 0.2) is 5.78 Å². The molecule has 0 heterocycles. The highest BCUT2D eigenvalue weighted by atomic mass is 16.1. The van der Waals surface area contributed by atoms with E-state index in [0.29, 0.717) is 11.1 Å². The third kappa shape index (κ3) is 4.19. The Balaban J connectivity index is 1.61. The van der Waals surface area contributed by atoms with Crippen molar-refractivity contribution in [2.45, 2.75) is 0 Å². The Kier molecular flexibility index (Phi) is 6.14. The fraction of sp³-hybridized carbons (Fsp3) is 0. The van der Waals surface area contributed by atoms with Crippen LogP contribution in [0.15, 0.2) is 140 Å². The van der Waals surface area contributed by atoms with Crippen LogP contribution in [0.1, 0.15) is 27.8 Å². The maximum Gasteiger partial charge on any atom is 0.195 e. The van der Waals surface area contributed by atoms with Gasteiger partial charge < -0.3 is 0 Å². The van der Waals surface area contributed by atoms with Gasteiger partial charge in [-0.2, -0.15) is 0 Å². The molecule has 1 heteroatoms. The van der Waals surface area contributed by atoms with Crippen molar-refractivity contribution in [1.29, 1.82) is 0 Å². The largest absolute Gasteiger partial charge is 0.289 e. The molecule has 0 fully saturated rings. The number of carbonyl (C=O) groups is 1. The molecule has 178 valence electrons. The van der Waals surface area contributed by atoms with Crippen molar-refractivity contribution in [3.63, 3.8) is 0 Å². The lowest BCUT2D eigenvalue weighted by atomic mass is 9.88. The van der Waals surface area contributed by atoms with Crippen LogP contribution in [0.2, 0.25) is 0 Å². The van der Waals surface area contributed by atoms with Crippen LogP contribution in [0, 0.1) is 12.3 Å². The van der Waals surface area contributed by atoms with E-state index in [0.717, 1.165) is 50.1 Å². The summed E-state index contributed by atoms with van der Waals surface area (Å²) in [6, 6.07) is 46.7. The summed E-state index contributed by atoms with van der Waals surface area (Å²) in [5.74, 6) is 2.69. The first-order valence-corrected chi connectivity index (χ1v) is 12.6. The van der Waals surface area contributed by atoms with Gasteiger partial charge in [0.2, 0.25) is 0 Å². The Morgan fingerprint density at radius 3 is 1.16 bits per heavy atom. The number of rotatable bonds is 5. The molecule has 0 radical (unpaired) electrons. The lowest BCUT2D eigenvalue weighted by Crippen LogP contribution is -2.02. The molecule has 38 heavy (non-hydrogen) atoms. The molecule has 0 unspecified atom stereocenters. The third-order valence-electron chi connectivity index (χ3n) is 6.95. The van der Waals surface area contributed by atoms with Crippen molar-refractivity contribution in [2.75, 3.05) is 0 Å². The first kappa shape index (κ1) is 23.2. The predicted octanol–water partition coefficient (Wildman–Crippen LogP) is 8.44. The van der Waals surface area contributed by atoms with E-state index in [1.165, 1.54) is 0 Å². The second-order valence-corrected chi connectivity index (χ2v) is 9.23. The standard InChI is InChI=1S/C37H24O/c1-2-26-18-20-32(21-19-26)36-33(29-14-8-4-9-15-29)34(35(37(36)38)30-16-10-5-11-17-30)31-24-22-28(23-25-31)27-12-6-3-7-13-27/h1,3-25H. The van der Waals surface area contributed by atoms with Gasteiger partial charge in [-0.05, 0) is 45.5 Å². The summed E-state index contributed by atoms with van der Waals surface area (Å²) < 4.78 is 0. The number of hydrogen-bond donors (Lipinski definition) is 0. The van der Waals surface area contributed by atoms with Crippen molar-refractivity contribution in [2.24, 2.45) is 0 Å². The summed E-state index contributed by atoms with van der Waals surface area (Å²) in [5.41, 5.74) is 10.2. The van der Waals surface area contributed by atoms with Gasteiger partial charge in [-0.1, -0.05) is 133 Å². The van der Waals surface area contributed by atoms with E-state index in [-0.39, 0.29) is 5.78 Å². The number of terminal acetylenes is 1. The third-order valence-corrected chi connectivity index (χ3v) is 6.95. The van der Waals surface area contributed by atoms with Gasteiger partial charge in [-0.25, -0.2) is 0 Å². The van der Waals surface area contributed by atoms with E-state index < -0.39 is 0 Å². The second-order valence-electron chi connectivity index (χ2n) is 9.23. The van der Waals surface area contributed by atoms with Crippen molar-refractivity contribution in [1.82, 2.24) is 0 Å². The SMILES string of the molecule is C#Cc1ccc(C2=C(c3ccccc3)C(c3ccc(-c4ccccc4)cc3)=C(c3ccccc3)C2=O)cc1. The maximum absolute atomic E-state index is 14.4. The number of ketones is 1. The number of hydrogen-bond acceptors (Lipinski definition) is 1. The van der Waals surface area contributed by atoms with Crippen LogP contribution in [0.25, 0.3) is 33.4 Å². The molecule has 5 aromatic carbocycles. The highest BCUT2D eigenvalue weighted by Gasteiger charge is 2.35. The molecule has 0 N–H and O–H groups in total. The van der Waals surface area contributed by atoms with Crippen LogP contribution in [0.3, 0.4) is 0 Å². The van der Waals surface area contributed by atoms with Crippen LogP contribution in [0.4, 0.5) is 0 Å². The first-order chi connectivity index (χ1) is 18.7. The molecule has 0 bridgehead atoms. The minimum Gasteiger partial charge on any atom is -0.289 e. The van der Waals surface area contributed by atoms with Gasteiger partial charge in [0.05, 0.1) is 0 Å². The van der Waals surface area contributed by atoms with E-state index in [2.05, 4.69) is 54.5 Å². The first-order valence-electron chi connectivity index (χ1n) is 12.6. The number of Topliss-reactive ketones (excluding diaryl/α,β-unsaturated/α-hetero) is 1. The van der Waals surface area contributed by atoms with Crippen molar-refractivity contribution in [3.05, 3.63) is 167 Å². The fourth-order valence-corrected chi connectivity index (χ4v) is 5.13. The monoisotopic (exact) mass is 484 g/mol. The summed E-state index contributed by atoms with van der Waals surface area (Å²) >= 11 is 0. The summed E-state index contributed by atoms with van der Waals surface area (Å²) in [6.45, 7) is 0. The lowest BCUT2D eigenvalue weighted by Gasteiger charge is -2.14. The minimum atomic E-state index is 0.0191. The Morgan fingerprint density at radius 2 is 0.684 bits per heavy atom. The summed E-state index contributed by atoms with van der Waals surface area (Å²) in [5, 5.41) is 0. The zero-order chi connectivity index (χ0) is 25.9. The van der Waals surface area contributed by atoms with Crippen LogP contribution >= 0.6 is 0 Å². The Labute approximate surface area is 223 Å². The molecule has 0 aromatic heterocycles. The van der Waals surface area contributed by atoms with Crippen molar-refractivity contribution >= 4 is 28.1 Å². The normalized spacial score (nSPS) is 13.1. The summed E-state index contributed by atoms with van der Waals surface area (Å²) in [7, 11) is 0. The van der Waals surface area contributed by atoms with Gasteiger partial charge in [0, 0.05) is 27.9 Å². The van der Waals surface area contributed by atoms with Crippen LogP contribution < -0.4 is 0 Å². The van der Waals surface area contributed by atoms with Gasteiger partial charge in [-0.3, -0.25) is 4.79 Å². The van der Waals surface area contributed by atoms with Crippen molar-refractivity contribution < 1.29 is 4.79 Å². The molecule has 0 aliphatic heterocycles. The lowest BCUT2D eigenvalue weighted by molar-refractivity contribution is -0.108. The topological polar surface area (TPSA) is 17.1 Å². The molecule has 0 saturated carbocycles. The second kappa shape index (κ2) is 10.1. The summed E-state index contributed by atoms with van der Waals surface area (Å²) in [6.07, 6.45) is 5.61. The highest BCUT2D eigenvalue weighted by Crippen LogP contribution is 2.49. The Bertz CT molecular complexity index is 1710. The van der Waals surface area contributed by atoms with E-state index in [9.17, 15) is 4.79 Å². The molecule has 1 aliphatic carbocycles. The molecular formula is C37H24O. The van der Waals surface area contributed by atoms with Gasteiger partial charge >= 0.3 is 0 Å². The van der Waals surface area contributed by atoms with E-state index >= 15 is 0 Å². The zero-order valence-electron chi connectivity index (χ0n) is 20.8. The molecule has 0 amide bonds. The molecule has 0 spiro atoms. The van der Waals surface area contributed by atoms with Crippen LogP contribution in [0.5, 0.6) is 0 Å². The Hall–Kier alpha value is -5.19. The maximum atomic E-state index is 14.4. The quantitative estimate of drug-likeness (QED) is 0.229. The molecule has 0 saturated heterocycles. The molecule has 1 nitrogen and oxygen atoms in total. The number of benzene rings is 5. The van der Waals surface area contributed by atoms with E-state index in [4.69, 9.17) is 6.42 Å². The average Bonchev–Trinajstić information content (AvgIpc) is 3.31. The molecule has 0 atom stereocenters. The fourth-order valence-electron chi connectivity index (χ4n) is 5.13. The molecule has 1 aliphatic rings. The molecule has 6 rings (SSSR count). The van der Waals surface area contributed by atoms with E-state index in [1.54, 1.807) is 0 Å². The predicted molar refractivity (Wildman–Crippen MR) is 158 cm³/mol. The van der Waals surface area contributed by atoms with Crippen molar-refractivity contribution in [3.8, 4) is 23.5 Å². The number of allylic oxidation sites excluding steroid dienone is 4. The van der Waals surface area contributed by atoms with Gasteiger partial charge in [0.1, 0.15) is 0 Å². The van der Waals surface area contributed by atoms with Gasteiger partial charge in [-0.15, -0.1) is 6.42 Å². The van der Waals surface area contributed by atoms with Crippen LogP contribution in [-0.4, -0.2) is 5.78 Å². The highest BCUT2D eigenvalue weighted by molar-refractivity contribution is 6.59. The van der Waals surface area contributed by atoms with Gasteiger partial charge in [0.25, 0.3) is 0 Å². The number of carbonyl (C=O) groups excluding carboxylic acids is 1. The molecular weight excluding hydrogens is 460 g/mol. The zero-order valence-corrected chi connectivity index (χ0v) is 20.8. The van der Waals surface area contributed by atoms with E-state index in [1.807, 2.05) is 91.0 Å². The van der Waals surface area contributed by atoms with Crippen LogP contribution in [-0.2, 0) is 4.79 Å².